The maximum atomic E-state index is 7.37. The van der Waals surface area contributed by atoms with Crippen LogP contribution in [-0.4, -0.2) is 24.1 Å². The largest absolute Gasteiger partial charge is 0.456 e. The summed E-state index contributed by atoms with van der Waals surface area (Å²) in [6.45, 7) is 0. The van der Waals surface area contributed by atoms with Gasteiger partial charge in [-0.1, -0.05) is 152 Å². The molecule has 7 heteroatoms. The molecule has 0 spiro atoms. The van der Waals surface area contributed by atoms with Crippen LogP contribution in [0.15, 0.2) is 221 Å². The van der Waals surface area contributed by atoms with E-state index in [0.29, 0.717) is 17.6 Å². The first-order chi connectivity index (χ1) is 34.7. The van der Waals surface area contributed by atoms with Gasteiger partial charge in [-0.3, -0.25) is 4.57 Å². The lowest BCUT2D eigenvalue weighted by Crippen LogP contribution is -2.07. The number of rotatable bonds is 4. The fraction of sp³-hybridized carbons (Fsp3) is 0. The summed E-state index contributed by atoms with van der Waals surface area (Å²) < 4.78 is 18.4. The number of hydrogen-bond donors (Lipinski definition) is 0. The van der Waals surface area contributed by atoms with Crippen LogP contribution in [0.1, 0.15) is 0 Å². The lowest BCUT2D eigenvalue weighted by molar-refractivity contribution is 0.669. The molecule has 0 aliphatic rings. The van der Waals surface area contributed by atoms with Gasteiger partial charge in [0, 0.05) is 59.6 Å². The summed E-state index contributed by atoms with van der Waals surface area (Å²) in [6, 6.07) is 74.9. The first-order valence-corrected chi connectivity index (χ1v) is 23.6. The first kappa shape index (κ1) is 37.5. The van der Waals surface area contributed by atoms with Gasteiger partial charge >= 0.3 is 0 Å². The molecule has 0 saturated carbocycles. The molecule has 7 nitrogen and oxygen atoms in total. The molecule has 0 aliphatic carbocycles. The van der Waals surface area contributed by atoms with Gasteiger partial charge in [-0.2, -0.15) is 9.97 Å². The summed E-state index contributed by atoms with van der Waals surface area (Å²) in [6.07, 6.45) is 0. The number of furan rings is 2. The van der Waals surface area contributed by atoms with Crippen LogP contribution in [0.3, 0.4) is 0 Å². The maximum absolute atomic E-state index is 7.37. The Kier molecular flexibility index (Phi) is 7.49. The van der Waals surface area contributed by atoms with Gasteiger partial charge in [0.2, 0.25) is 5.95 Å². The average Bonchev–Trinajstić information content (AvgIpc) is 4.18. The Morgan fingerprint density at radius 2 is 0.900 bits per heavy atom. The van der Waals surface area contributed by atoms with Crippen molar-refractivity contribution < 1.29 is 8.83 Å². The van der Waals surface area contributed by atoms with Crippen molar-refractivity contribution in [1.82, 2.24) is 24.1 Å². The third kappa shape index (κ3) is 5.15. The fourth-order valence-corrected chi connectivity index (χ4v) is 11.5. The second kappa shape index (κ2) is 14.0. The predicted octanol–water partition coefficient (Wildman–Crippen LogP) is 16.7. The average molecular weight is 894 g/mol. The van der Waals surface area contributed by atoms with Crippen LogP contribution in [0.4, 0.5) is 0 Å². The van der Waals surface area contributed by atoms with E-state index in [9.17, 15) is 0 Å². The number of aromatic nitrogens is 5. The van der Waals surface area contributed by atoms with Crippen LogP contribution in [0, 0.1) is 0 Å². The maximum Gasteiger partial charge on any atom is 0.238 e. The normalized spacial score (nSPS) is 12.3. The predicted molar refractivity (Wildman–Crippen MR) is 286 cm³/mol. The molecule has 0 bridgehead atoms. The topological polar surface area (TPSA) is 74.8 Å². The Morgan fingerprint density at radius 1 is 0.300 bits per heavy atom. The standard InChI is InChI=1S/C63H35N5O2/c1-2-17-39-35-53-48(34-38(39)16-1)56-40-18-5-3-14-36(40)29-32-51(56)67(53)52-33-31-47(58-45-30-28-37-15-4-6-19-41(37)59(45)70-60(52)58)62-64-61(46-23-13-27-55-57(46)44-22-9-12-26-54(44)69-55)65-63(66-62)68-49-24-10-7-20-42(49)43-21-8-11-25-50(43)68/h1-35H. The molecule has 16 rings (SSSR count). The van der Waals surface area contributed by atoms with Crippen LogP contribution in [0.5, 0.6) is 0 Å². The first-order valence-electron chi connectivity index (χ1n) is 23.6. The summed E-state index contributed by atoms with van der Waals surface area (Å²) in [7, 11) is 0. The molecule has 11 aromatic carbocycles. The van der Waals surface area contributed by atoms with E-state index in [1.165, 1.54) is 32.3 Å². The molecule has 5 heterocycles. The second-order valence-electron chi connectivity index (χ2n) is 18.3. The third-order valence-electron chi connectivity index (χ3n) is 14.5. The lowest BCUT2D eigenvalue weighted by atomic mass is 10.0. The minimum Gasteiger partial charge on any atom is -0.456 e. The fourth-order valence-electron chi connectivity index (χ4n) is 11.5. The highest BCUT2D eigenvalue weighted by Crippen LogP contribution is 2.46. The van der Waals surface area contributed by atoms with Crippen LogP contribution < -0.4 is 0 Å². The van der Waals surface area contributed by atoms with E-state index < -0.39 is 0 Å². The van der Waals surface area contributed by atoms with Crippen LogP contribution in [0.2, 0.25) is 0 Å². The minimum absolute atomic E-state index is 0.513. The second-order valence-corrected chi connectivity index (χ2v) is 18.3. The molecule has 324 valence electrons. The van der Waals surface area contributed by atoms with Crippen LogP contribution in [-0.2, 0) is 0 Å². The van der Waals surface area contributed by atoms with Crippen molar-refractivity contribution in [3.8, 4) is 34.4 Å². The van der Waals surface area contributed by atoms with Crippen molar-refractivity contribution >= 4 is 120 Å². The number of para-hydroxylation sites is 3. The molecule has 0 fully saturated rings. The Hall–Kier alpha value is -9.59. The van der Waals surface area contributed by atoms with E-state index >= 15 is 0 Å². The summed E-state index contributed by atoms with van der Waals surface area (Å²) in [5.41, 5.74) is 9.95. The number of nitrogens with zero attached hydrogens (tertiary/aromatic N) is 5. The Morgan fingerprint density at radius 3 is 1.67 bits per heavy atom. The van der Waals surface area contributed by atoms with Gasteiger partial charge in [-0.25, -0.2) is 4.98 Å². The number of benzene rings is 11. The van der Waals surface area contributed by atoms with Crippen molar-refractivity contribution in [3.05, 3.63) is 212 Å². The zero-order chi connectivity index (χ0) is 45.6. The van der Waals surface area contributed by atoms with Gasteiger partial charge in [-0.05, 0) is 87.6 Å². The highest BCUT2D eigenvalue weighted by molar-refractivity contribution is 6.25. The van der Waals surface area contributed by atoms with Gasteiger partial charge in [0.05, 0.1) is 27.8 Å². The van der Waals surface area contributed by atoms with Gasteiger partial charge in [0.15, 0.2) is 17.2 Å². The minimum atomic E-state index is 0.513. The van der Waals surface area contributed by atoms with Crippen molar-refractivity contribution in [2.45, 2.75) is 0 Å². The van der Waals surface area contributed by atoms with Crippen molar-refractivity contribution in [2.24, 2.45) is 0 Å². The van der Waals surface area contributed by atoms with E-state index in [-0.39, 0.29) is 0 Å². The zero-order valence-electron chi connectivity index (χ0n) is 37.3. The van der Waals surface area contributed by atoms with Gasteiger partial charge in [0.25, 0.3) is 0 Å². The number of fused-ring (bicyclic) bond motifs is 17. The van der Waals surface area contributed by atoms with Crippen LogP contribution in [0.25, 0.3) is 154 Å². The van der Waals surface area contributed by atoms with E-state index in [2.05, 4.69) is 191 Å². The highest BCUT2D eigenvalue weighted by atomic mass is 16.3. The highest BCUT2D eigenvalue weighted by Gasteiger charge is 2.26. The van der Waals surface area contributed by atoms with Crippen molar-refractivity contribution in [3.63, 3.8) is 0 Å². The Balaban J connectivity index is 1.05. The molecule has 0 atom stereocenters. The molecule has 0 radical (unpaired) electrons. The molecule has 0 saturated heterocycles. The zero-order valence-corrected chi connectivity index (χ0v) is 37.3. The van der Waals surface area contributed by atoms with Gasteiger partial charge in [-0.15, -0.1) is 0 Å². The van der Waals surface area contributed by atoms with E-state index in [4.69, 9.17) is 23.8 Å². The van der Waals surface area contributed by atoms with E-state index in [0.717, 1.165) is 104 Å². The Labute approximate surface area is 397 Å². The van der Waals surface area contributed by atoms with E-state index in [1.807, 2.05) is 30.3 Å². The SMILES string of the molecule is c1ccc2cc3c(cc2c1)c1c2ccccc2ccc1n3-c1ccc(-c2nc(-c3cccc4oc5ccccc5c34)nc(-n3c4ccccc4c4ccccc43)n2)c2c1oc1c3ccccc3ccc12. The molecule has 16 aromatic rings. The molecule has 5 aromatic heterocycles. The third-order valence-corrected chi connectivity index (χ3v) is 14.5. The molecule has 0 N–H and O–H groups in total. The van der Waals surface area contributed by atoms with Gasteiger partial charge < -0.3 is 13.4 Å². The summed E-state index contributed by atoms with van der Waals surface area (Å²) >= 11 is 0. The molecular formula is C63H35N5O2. The molecule has 70 heavy (non-hydrogen) atoms. The summed E-state index contributed by atoms with van der Waals surface area (Å²) in [5, 5.41) is 15.4. The summed E-state index contributed by atoms with van der Waals surface area (Å²) in [5.74, 6) is 1.58. The summed E-state index contributed by atoms with van der Waals surface area (Å²) in [4.78, 5) is 16.5. The van der Waals surface area contributed by atoms with Crippen molar-refractivity contribution in [1.29, 1.82) is 0 Å². The Bertz CT molecular complexity index is 4860. The number of hydrogen-bond acceptors (Lipinski definition) is 5. The molecule has 0 amide bonds. The van der Waals surface area contributed by atoms with Gasteiger partial charge in [0.1, 0.15) is 16.7 Å². The smallest absolute Gasteiger partial charge is 0.238 e. The van der Waals surface area contributed by atoms with E-state index in [1.54, 1.807) is 0 Å². The molecule has 0 unspecified atom stereocenters. The van der Waals surface area contributed by atoms with Crippen LogP contribution >= 0.6 is 0 Å². The molecule has 0 aliphatic heterocycles. The monoisotopic (exact) mass is 893 g/mol. The quantitative estimate of drug-likeness (QED) is 0.176. The van der Waals surface area contributed by atoms with Crippen molar-refractivity contribution in [2.75, 3.05) is 0 Å². The lowest BCUT2D eigenvalue weighted by Gasteiger charge is -2.14. The molecular weight excluding hydrogens is 859 g/mol.